The molecule has 0 bridgehead atoms. The lowest BCUT2D eigenvalue weighted by molar-refractivity contribution is -0.138. The number of rotatable bonds is 8. The number of carboxylic acid groups (broad SMARTS) is 1. The second-order valence-corrected chi connectivity index (χ2v) is 9.72. The highest BCUT2D eigenvalue weighted by Crippen LogP contribution is 2.43. The average Bonchev–Trinajstić information content (AvgIpc) is 2.76. The second-order valence-electron chi connectivity index (χ2n) is 9.72. The Morgan fingerprint density at radius 3 is 2.25 bits per heavy atom. The van der Waals surface area contributed by atoms with Gasteiger partial charge in [-0.05, 0) is 78.8 Å². The Hall–Kier alpha value is -2.73. The normalized spacial score (nSPS) is 18.0. The molecule has 172 valence electrons. The maximum atomic E-state index is 13.5. The first-order valence-electron chi connectivity index (χ1n) is 11.3. The van der Waals surface area contributed by atoms with Crippen LogP contribution in [0.3, 0.4) is 0 Å². The van der Waals surface area contributed by atoms with E-state index in [0.29, 0.717) is 23.4 Å². The molecule has 0 saturated heterocycles. The fraction of sp³-hybridized carbons (Fsp3) is 0.462. The molecule has 0 spiro atoms. The predicted octanol–water partition coefficient (Wildman–Crippen LogP) is 4.51. The Kier molecular flexibility index (Phi) is 7.67. The Morgan fingerprint density at radius 2 is 1.69 bits per heavy atom. The van der Waals surface area contributed by atoms with Crippen molar-refractivity contribution in [1.29, 1.82) is 0 Å². The number of hydrogen-bond acceptors (Lipinski definition) is 3. The molecule has 1 fully saturated rings. The van der Waals surface area contributed by atoms with Crippen molar-refractivity contribution in [3.63, 3.8) is 0 Å². The monoisotopic (exact) mass is 440 g/mol. The van der Waals surface area contributed by atoms with Gasteiger partial charge in [0.2, 0.25) is 0 Å². The largest absolute Gasteiger partial charge is 0.480 e. The number of nitrogens with one attached hydrogen (secondary N) is 1. The van der Waals surface area contributed by atoms with Gasteiger partial charge < -0.3 is 16.2 Å². The Bertz CT molecular complexity index is 915. The molecule has 1 aliphatic rings. The maximum Gasteiger partial charge on any atom is 0.320 e. The fourth-order valence-electron chi connectivity index (χ4n) is 4.53. The molecular formula is C26H33FN2O3. The van der Waals surface area contributed by atoms with E-state index >= 15 is 0 Å². The summed E-state index contributed by atoms with van der Waals surface area (Å²) in [5, 5.41) is 12.0. The van der Waals surface area contributed by atoms with E-state index in [0.717, 1.165) is 36.8 Å². The van der Waals surface area contributed by atoms with Crippen LogP contribution in [0, 0.1) is 17.2 Å². The SMILES string of the molecule is CC1(C)CCC(C(CNC(=O)c2ccc(CC(N)C(=O)O)cc2)c2ccc(F)cc2)CC1. The van der Waals surface area contributed by atoms with Crippen molar-refractivity contribution in [1.82, 2.24) is 5.32 Å². The fourth-order valence-corrected chi connectivity index (χ4v) is 4.53. The van der Waals surface area contributed by atoms with Crippen molar-refractivity contribution in [2.75, 3.05) is 6.54 Å². The van der Waals surface area contributed by atoms with Crippen LogP contribution in [0.15, 0.2) is 48.5 Å². The first-order chi connectivity index (χ1) is 15.1. The second kappa shape index (κ2) is 10.3. The van der Waals surface area contributed by atoms with E-state index in [1.54, 1.807) is 24.3 Å². The van der Waals surface area contributed by atoms with Gasteiger partial charge in [0.25, 0.3) is 5.91 Å². The number of carbonyl (C=O) groups excluding carboxylic acids is 1. The molecule has 0 aromatic heterocycles. The molecule has 0 radical (unpaired) electrons. The lowest BCUT2D eigenvalue weighted by Crippen LogP contribution is -2.34. The highest BCUT2D eigenvalue weighted by atomic mass is 19.1. The number of hydrogen-bond donors (Lipinski definition) is 3. The molecule has 0 aliphatic heterocycles. The summed E-state index contributed by atoms with van der Waals surface area (Å²) in [6.07, 6.45) is 4.67. The molecular weight excluding hydrogens is 407 g/mol. The number of benzene rings is 2. The van der Waals surface area contributed by atoms with Crippen LogP contribution in [0.25, 0.3) is 0 Å². The molecule has 2 aromatic rings. The van der Waals surface area contributed by atoms with Gasteiger partial charge in [-0.25, -0.2) is 4.39 Å². The molecule has 5 nitrogen and oxygen atoms in total. The summed E-state index contributed by atoms with van der Waals surface area (Å²) in [6, 6.07) is 12.5. The molecule has 4 N–H and O–H groups in total. The van der Waals surface area contributed by atoms with Crippen LogP contribution in [0.1, 0.15) is 66.9 Å². The number of carbonyl (C=O) groups is 2. The molecule has 1 aliphatic carbocycles. The zero-order valence-corrected chi connectivity index (χ0v) is 18.8. The molecule has 0 heterocycles. The molecule has 3 rings (SSSR count). The predicted molar refractivity (Wildman–Crippen MR) is 123 cm³/mol. The van der Waals surface area contributed by atoms with E-state index in [4.69, 9.17) is 10.8 Å². The Morgan fingerprint density at radius 1 is 1.09 bits per heavy atom. The van der Waals surface area contributed by atoms with E-state index in [1.165, 1.54) is 12.1 Å². The van der Waals surface area contributed by atoms with Crippen LogP contribution >= 0.6 is 0 Å². The topological polar surface area (TPSA) is 92.4 Å². The zero-order valence-electron chi connectivity index (χ0n) is 18.8. The smallest absolute Gasteiger partial charge is 0.320 e. The number of halogens is 1. The molecule has 1 amide bonds. The summed E-state index contributed by atoms with van der Waals surface area (Å²) in [5.41, 5.74) is 8.26. The van der Waals surface area contributed by atoms with Crippen molar-refractivity contribution in [2.45, 2.75) is 57.9 Å². The molecule has 2 aromatic carbocycles. The number of aliphatic carboxylic acids is 1. The van der Waals surface area contributed by atoms with Crippen molar-refractivity contribution in [3.05, 3.63) is 71.0 Å². The van der Waals surface area contributed by atoms with Gasteiger partial charge in [-0.2, -0.15) is 0 Å². The minimum absolute atomic E-state index is 0.128. The van der Waals surface area contributed by atoms with Gasteiger partial charge >= 0.3 is 5.97 Å². The lowest BCUT2D eigenvalue weighted by Gasteiger charge is -2.38. The van der Waals surface area contributed by atoms with Gasteiger partial charge in [-0.15, -0.1) is 0 Å². The highest BCUT2D eigenvalue weighted by Gasteiger charge is 2.32. The van der Waals surface area contributed by atoms with Gasteiger partial charge in [-0.3, -0.25) is 9.59 Å². The lowest BCUT2D eigenvalue weighted by atomic mass is 9.68. The number of amides is 1. The van der Waals surface area contributed by atoms with E-state index in [2.05, 4.69) is 19.2 Å². The van der Waals surface area contributed by atoms with Gasteiger partial charge in [0.05, 0.1) is 0 Å². The van der Waals surface area contributed by atoms with Crippen LogP contribution in [0.2, 0.25) is 0 Å². The summed E-state index contributed by atoms with van der Waals surface area (Å²) >= 11 is 0. The van der Waals surface area contributed by atoms with Crippen LogP contribution in [-0.4, -0.2) is 29.6 Å². The third kappa shape index (κ3) is 6.39. The van der Waals surface area contributed by atoms with Crippen LogP contribution < -0.4 is 11.1 Å². The van der Waals surface area contributed by atoms with Gasteiger partial charge in [0, 0.05) is 18.0 Å². The van der Waals surface area contributed by atoms with Crippen molar-refractivity contribution < 1.29 is 19.1 Å². The summed E-state index contributed by atoms with van der Waals surface area (Å²) in [6.45, 7) is 5.08. The van der Waals surface area contributed by atoms with Crippen LogP contribution in [0.5, 0.6) is 0 Å². The van der Waals surface area contributed by atoms with E-state index in [9.17, 15) is 14.0 Å². The molecule has 2 atom stereocenters. The zero-order chi connectivity index (χ0) is 23.3. The average molecular weight is 441 g/mol. The van der Waals surface area contributed by atoms with Crippen molar-refractivity contribution in [2.24, 2.45) is 17.1 Å². The Labute approximate surface area is 189 Å². The van der Waals surface area contributed by atoms with E-state index in [-0.39, 0.29) is 24.1 Å². The van der Waals surface area contributed by atoms with Crippen LogP contribution in [-0.2, 0) is 11.2 Å². The third-order valence-corrected chi connectivity index (χ3v) is 6.72. The van der Waals surface area contributed by atoms with Gasteiger partial charge in [0.15, 0.2) is 0 Å². The summed E-state index contributed by atoms with van der Waals surface area (Å²) in [4.78, 5) is 23.7. The standard InChI is InChI=1S/C26H33FN2O3/c1-26(2)13-11-19(12-14-26)22(18-7-9-21(27)10-8-18)16-29-24(30)20-5-3-17(4-6-20)15-23(28)25(31)32/h3-10,19,22-23H,11-16,28H2,1-2H3,(H,29,30)(H,31,32). The van der Waals surface area contributed by atoms with Gasteiger partial charge in [-0.1, -0.05) is 38.1 Å². The number of nitrogens with two attached hydrogens (primary N) is 1. The minimum Gasteiger partial charge on any atom is -0.480 e. The molecule has 2 unspecified atom stereocenters. The Balaban J connectivity index is 1.66. The maximum absolute atomic E-state index is 13.5. The molecule has 32 heavy (non-hydrogen) atoms. The van der Waals surface area contributed by atoms with Gasteiger partial charge in [0.1, 0.15) is 11.9 Å². The third-order valence-electron chi connectivity index (χ3n) is 6.72. The summed E-state index contributed by atoms with van der Waals surface area (Å²) in [7, 11) is 0. The first-order valence-corrected chi connectivity index (χ1v) is 11.3. The molecule has 1 saturated carbocycles. The molecule has 6 heteroatoms. The van der Waals surface area contributed by atoms with Crippen LogP contribution in [0.4, 0.5) is 4.39 Å². The van der Waals surface area contributed by atoms with Crippen molar-refractivity contribution in [3.8, 4) is 0 Å². The van der Waals surface area contributed by atoms with E-state index in [1.807, 2.05) is 12.1 Å². The first kappa shape index (κ1) is 23.9. The summed E-state index contributed by atoms with van der Waals surface area (Å²) < 4.78 is 13.5. The van der Waals surface area contributed by atoms with E-state index < -0.39 is 12.0 Å². The number of carboxylic acids is 1. The highest BCUT2D eigenvalue weighted by molar-refractivity contribution is 5.94. The van der Waals surface area contributed by atoms with Crippen molar-refractivity contribution >= 4 is 11.9 Å². The summed E-state index contributed by atoms with van der Waals surface area (Å²) in [5.74, 6) is -0.923. The minimum atomic E-state index is -1.05. The quantitative estimate of drug-likeness (QED) is 0.563.